The largest absolute Gasteiger partial charge is 0.359 e. The molecule has 0 fully saturated rings. The first kappa shape index (κ1) is 23.2. The fraction of sp³-hybridized carbons (Fsp3) is 0.500. The third-order valence-corrected chi connectivity index (χ3v) is 5.96. The molecule has 0 aliphatic rings. The zero-order valence-corrected chi connectivity index (χ0v) is 18.8. The van der Waals surface area contributed by atoms with E-state index in [2.05, 4.69) is 87.7 Å². The molecule has 0 aliphatic carbocycles. The minimum Gasteiger partial charge on any atom is -0.359 e. The average Bonchev–Trinajstić information content (AvgIpc) is 2.69. The lowest BCUT2D eigenvalue weighted by atomic mass is 9.87. The van der Waals surface area contributed by atoms with Crippen LogP contribution in [0, 0.1) is 26.7 Å². The summed E-state index contributed by atoms with van der Waals surface area (Å²) >= 11 is 0. The Morgan fingerprint density at radius 3 is 2.24 bits per heavy atom. The maximum absolute atomic E-state index is 10.7. The highest BCUT2D eigenvalue weighted by Gasteiger charge is 2.18. The average molecular weight is 395 g/mol. The van der Waals surface area contributed by atoms with Crippen molar-refractivity contribution in [3.8, 4) is 0 Å². The molecule has 0 aliphatic heterocycles. The van der Waals surface area contributed by atoms with E-state index in [1.54, 1.807) is 0 Å². The second-order valence-corrected chi connectivity index (χ2v) is 8.71. The van der Waals surface area contributed by atoms with E-state index in [9.17, 15) is 4.79 Å². The van der Waals surface area contributed by atoms with E-state index in [1.807, 2.05) is 0 Å². The molecule has 29 heavy (non-hydrogen) atoms. The second-order valence-electron chi connectivity index (χ2n) is 8.71. The molecule has 3 heteroatoms. The molecule has 2 rings (SSSR count). The number of amides is 1. The zero-order chi connectivity index (χ0) is 21.2. The Hall–Kier alpha value is -2.13. The molecule has 1 amide bonds. The predicted molar refractivity (Wildman–Crippen MR) is 123 cm³/mol. The molecule has 2 N–H and O–H groups in total. The van der Waals surface area contributed by atoms with Gasteiger partial charge < -0.3 is 10.6 Å². The lowest BCUT2D eigenvalue weighted by Crippen LogP contribution is -2.34. The van der Waals surface area contributed by atoms with Crippen molar-refractivity contribution in [3.63, 3.8) is 0 Å². The first-order chi connectivity index (χ1) is 13.9. The highest BCUT2D eigenvalue weighted by molar-refractivity contribution is 5.45. The Labute approximate surface area is 177 Å². The van der Waals surface area contributed by atoms with Crippen LogP contribution >= 0.6 is 0 Å². The lowest BCUT2D eigenvalue weighted by Gasteiger charge is -2.26. The minimum absolute atomic E-state index is 0.465. The van der Waals surface area contributed by atoms with Gasteiger partial charge in [-0.05, 0) is 68.6 Å². The first-order valence-corrected chi connectivity index (χ1v) is 10.9. The molecular weight excluding hydrogens is 356 g/mol. The van der Waals surface area contributed by atoms with Crippen LogP contribution < -0.4 is 10.6 Å². The summed E-state index contributed by atoms with van der Waals surface area (Å²) in [5, 5.41) is 6.65. The summed E-state index contributed by atoms with van der Waals surface area (Å²) in [6.07, 6.45) is 4.02. The Balaban J connectivity index is 2.01. The minimum atomic E-state index is 0.465. The fourth-order valence-electron chi connectivity index (χ4n) is 3.92. The number of carbonyl (C=O) groups excluding carboxylic acids is 1. The van der Waals surface area contributed by atoms with Crippen LogP contribution in [0.1, 0.15) is 66.8 Å². The van der Waals surface area contributed by atoms with E-state index < -0.39 is 0 Å². The number of rotatable bonds is 12. The number of nitrogens with one attached hydrogen (secondary N) is 2. The van der Waals surface area contributed by atoms with Gasteiger partial charge in [-0.1, -0.05) is 67.4 Å². The van der Waals surface area contributed by atoms with Crippen LogP contribution in [0.15, 0.2) is 42.5 Å². The Morgan fingerprint density at radius 2 is 1.59 bits per heavy atom. The summed E-state index contributed by atoms with van der Waals surface area (Å²) in [6, 6.07) is 16.0. The number of hydrogen-bond acceptors (Lipinski definition) is 2. The van der Waals surface area contributed by atoms with Gasteiger partial charge in [-0.15, -0.1) is 0 Å². The molecule has 2 atom stereocenters. The highest BCUT2D eigenvalue weighted by atomic mass is 16.1. The van der Waals surface area contributed by atoms with Gasteiger partial charge in [0.25, 0.3) is 0 Å². The fourth-order valence-corrected chi connectivity index (χ4v) is 3.92. The third kappa shape index (κ3) is 7.66. The van der Waals surface area contributed by atoms with Crippen molar-refractivity contribution < 1.29 is 4.79 Å². The maximum Gasteiger partial charge on any atom is 0.207 e. The van der Waals surface area contributed by atoms with Crippen LogP contribution in [0.3, 0.4) is 0 Å². The van der Waals surface area contributed by atoms with E-state index in [-0.39, 0.29) is 0 Å². The molecule has 0 aromatic heterocycles. The van der Waals surface area contributed by atoms with Crippen LogP contribution in [0.4, 0.5) is 0 Å². The van der Waals surface area contributed by atoms with Gasteiger partial charge in [-0.25, -0.2) is 0 Å². The van der Waals surface area contributed by atoms with Crippen LogP contribution in [0.25, 0.3) is 0 Å². The van der Waals surface area contributed by atoms with Gasteiger partial charge in [-0.2, -0.15) is 0 Å². The van der Waals surface area contributed by atoms with Gasteiger partial charge in [0.1, 0.15) is 0 Å². The Morgan fingerprint density at radius 1 is 0.897 bits per heavy atom. The summed E-state index contributed by atoms with van der Waals surface area (Å²) in [6.45, 7) is 12.7. The van der Waals surface area contributed by atoms with Crippen molar-refractivity contribution in [2.45, 2.75) is 72.4 Å². The van der Waals surface area contributed by atoms with Gasteiger partial charge in [0.15, 0.2) is 0 Å². The number of hydrogen-bond donors (Lipinski definition) is 2. The quantitative estimate of drug-likeness (QED) is 0.372. The van der Waals surface area contributed by atoms with Gasteiger partial charge >= 0.3 is 0 Å². The zero-order valence-electron chi connectivity index (χ0n) is 18.8. The van der Waals surface area contributed by atoms with E-state index in [1.165, 1.54) is 27.8 Å². The normalized spacial score (nSPS) is 13.3. The Bertz CT molecular complexity index is 752. The predicted octanol–water partition coefficient (Wildman–Crippen LogP) is 5.43. The number of carbonyl (C=O) groups is 1. The van der Waals surface area contributed by atoms with Gasteiger partial charge in [-0.3, -0.25) is 4.79 Å². The van der Waals surface area contributed by atoms with Crippen LogP contribution in [0.5, 0.6) is 0 Å². The Kier molecular flexibility index (Phi) is 9.40. The van der Waals surface area contributed by atoms with Gasteiger partial charge in [0.2, 0.25) is 6.41 Å². The summed E-state index contributed by atoms with van der Waals surface area (Å²) in [5.74, 6) is 1.04. The topological polar surface area (TPSA) is 41.1 Å². The molecule has 2 unspecified atom stereocenters. The number of aryl methyl sites for hydroxylation is 3. The van der Waals surface area contributed by atoms with Crippen LogP contribution in [-0.4, -0.2) is 19.0 Å². The maximum atomic E-state index is 10.7. The van der Waals surface area contributed by atoms with Crippen molar-refractivity contribution in [1.82, 2.24) is 10.6 Å². The number of benzene rings is 2. The van der Waals surface area contributed by atoms with Crippen molar-refractivity contribution in [2.24, 2.45) is 5.92 Å². The molecule has 2 aromatic carbocycles. The molecule has 3 nitrogen and oxygen atoms in total. The van der Waals surface area contributed by atoms with Crippen LogP contribution in [0.2, 0.25) is 0 Å². The molecule has 2 aromatic rings. The van der Waals surface area contributed by atoms with Gasteiger partial charge in [0, 0.05) is 19.1 Å². The van der Waals surface area contributed by atoms with E-state index in [4.69, 9.17) is 0 Å². The van der Waals surface area contributed by atoms with E-state index in [0.29, 0.717) is 17.9 Å². The summed E-state index contributed by atoms with van der Waals surface area (Å²) in [7, 11) is 0. The van der Waals surface area contributed by atoms with Crippen molar-refractivity contribution in [3.05, 3.63) is 70.3 Å². The van der Waals surface area contributed by atoms with E-state index in [0.717, 1.165) is 38.8 Å². The molecule has 0 bridgehead atoms. The summed E-state index contributed by atoms with van der Waals surface area (Å²) < 4.78 is 0. The second kappa shape index (κ2) is 11.8. The molecule has 0 saturated carbocycles. The molecule has 0 heterocycles. The SMILES string of the molecule is Cc1ccc(C(CCNC=O)CCC(NCc2cc(C)ccc2C)C(C)C)cc1. The van der Waals surface area contributed by atoms with E-state index >= 15 is 0 Å². The van der Waals surface area contributed by atoms with Crippen LogP contribution in [-0.2, 0) is 11.3 Å². The molecular formula is C26H38N2O. The monoisotopic (exact) mass is 394 g/mol. The standard InChI is InChI=1S/C26H38N2O/c1-19(2)26(28-17-25-16-21(4)6-9-22(25)5)13-12-24(14-15-27-18-29)23-10-7-20(3)8-11-23/h6-11,16,18-19,24,26,28H,12-15,17H2,1-5H3,(H,27,29). The third-order valence-electron chi connectivity index (χ3n) is 5.96. The smallest absolute Gasteiger partial charge is 0.207 e. The lowest BCUT2D eigenvalue weighted by molar-refractivity contribution is -0.109. The summed E-state index contributed by atoms with van der Waals surface area (Å²) in [4.78, 5) is 10.7. The molecule has 0 saturated heterocycles. The van der Waals surface area contributed by atoms with Crippen molar-refractivity contribution in [1.29, 1.82) is 0 Å². The molecule has 0 radical (unpaired) electrons. The first-order valence-electron chi connectivity index (χ1n) is 10.9. The molecule has 0 spiro atoms. The highest BCUT2D eigenvalue weighted by Crippen LogP contribution is 2.27. The van der Waals surface area contributed by atoms with Gasteiger partial charge in [0.05, 0.1) is 0 Å². The van der Waals surface area contributed by atoms with Crippen molar-refractivity contribution in [2.75, 3.05) is 6.54 Å². The summed E-state index contributed by atoms with van der Waals surface area (Å²) in [5.41, 5.74) is 6.72. The molecule has 158 valence electrons. The van der Waals surface area contributed by atoms with Crippen molar-refractivity contribution >= 4 is 6.41 Å².